The fraction of sp³-hybridized carbons (Fsp3) is 0.467. The third kappa shape index (κ3) is 3.52. The summed E-state index contributed by atoms with van der Waals surface area (Å²) in [5, 5.41) is 2.47. The first kappa shape index (κ1) is 15.3. The number of primary amides is 1. The van der Waals surface area contributed by atoms with Gasteiger partial charge in [-0.1, -0.05) is 13.8 Å². The summed E-state index contributed by atoms with van der Waals surface area (Å²) >= 11 is 0. The van der Waals surface area contributed by atoms with Crippen molar-refractivity contribution in [1.29, 1.82) is 0 Å². The highest BCUT2D eigenvalue weighted by Crippen LogP contribution is 2.28. The van der Waals surface area contributed by atoms with Crippen molar-refractivity contribution in [2.75, 3.05) is 18.4 Å². The Hall–Kier alpha value is -2.08. The van der Waals surface area contributed by atoms with Gasteiger partial charge in [-0.05, 0) is 36.1 Å². The van der Waals surface area contributed by atoms with Crippen molar-refractivity contribution in [2.24, 2.45) is 16.9 Å². The van der Waals surface area contributed by atoms with Gasteiger partial charge in [-0.2, -0.15) is 0 Å². The monoisotopic (exact) mass is 290 g/mol. The molecule has 0 saturated carbocycles. The summed E-state index contributed by atoms with van der Waals surface area (Å²) in [4.78, 5) is 25.1. The van der Waals surface area contributed by atoms with E-state index in [1.54, 1.807) is 24.3 Å². The molecule has 1 heterocycles. The minimum absolute atomic E-state index is 0.0133. The van der Waals surface area contributed by atoms with Crippen molar-refractivity contribution in [3.05, 3.63) is 29.8 Å². The normalized spacial score (nSPS) is 20.9. The molecule has 0 radical (unpaired) electrons. The minimum atomic E-state index is -0.624. The maximum Gasteiger partial charge on any atom is 0.316 e. The highest BCUT2D eigenvalue weighted by Gasteiger charge is 2.35. The molecule has 1 aliphatic rings. The molecule has 3 amide bonds. The van der Waals surface area contributed by atoms with E-state index in [4.69, 9.17) is 11.5 Å². The van der Waals surface area contributed by atoms with E-state index in [0.29, 0.717) is 24.3 Å². The highest BCUT2D eigenvalue weighted by molar-refractivity contribution is 5.95. The Bertz CT molecular complexity index is 539. The number of piperidine rings is 1. The molecular weight excluding hydrogens is 268 g/mol. The van der Waals surface area contributed by atoms with Crippen molar-refractivity contribution < 1.29 is 9.59 Å². The Balaban J connectivity index is 2.08. The maximum absolute atomic E-state index is 12.5. The average molecular weight is 290 g/mol. The smallest absolute Gasteiger partial charge is 0.316 e. The van der Waals surface area contributed by atoms with Crippen LogP contribution >= 0.6 is 0 Å². The van der Waals surface area contributed by atoms with E-state index in [2.05, 4.69) is 19.2 Å². The van der Waals surface area contributed by atoms with Crippen LogP contribution in [-0.4, -0.2) is 36.0 Å². The minimum Gasteiger partial charge on any atom is -0.351 e. The lowest BCUT2D eigenvalue weighted by Gasteiger charge is -2.42. The number of anilines is 1. The topological polar surface area (TPSA) is 101 Å². The van der Waals surface area contributed by atoms with E-state index in [-0.39, 0.29) is 17.4 Å². The lowest BCUT2D eigenvalue weighted by Crippen LogP contribution is -2.53. The van der Waals surface area contributed by atoms with Crippen LogP contribution in [0, 0.1) is 5.41 Å². The van der Waals surface area contributed by atoms with Gasteiger partial charge in [0.15, 0.2) is 0 Å². The van der Waals surface area contributed by atoms with Crippen LogP contribution in [0.4, 0.5) is 10.5 Å². The van der Waals surface area contributed by atoms with Crippen molar-refractivity contribution in [2.45, 2.75) is 26.3 Å². The largest absolute Gasteiger partial charge is 0.351 e. The van der Waals surface area contributed by atoms with Crippen molar-refractivity contribution >= 4 is 17.6 Å². The Morgan fingerprint density at radius 1 is 1.29 bits per heavy atom. The number of rotatable bonds is 2. The van der Waals surface area contributed by atoms with Crippen LogP contribution in [0.3, 0.4) is 0 Å². The predicted molar refractivity (Wildman–Crippen MR) is 81.9 cm³/mol. The SMILES string of the molecule is CC1(C)CN(C(=O)c2ccc(NC(N)=O)cc2)CCC1N. The molecule has 21 heavy (non-hydrogen) atoms. The summed E-state index contributed by atoms with van der Waals surface area (Å²) in [6, 6.07) is 6.20. The second kappa shape index (κ2) is 5.73. The van der Waals surface area contributed by atoms with E-state index in [9.17, 15) is 9.59 Å². The third-order valence-electron chi connectivity index (χ3n) is 4.00. The van der Waals surface area contributed by atoms with Crippen molar-refractivity contribution in [3.8, 4) is 0 Å². The first-order chi connectivity index (χ1) is 9.79. The average Bonchev–Trinajstić information content (AvgIpc) is 2.41. The van der Waals surface area contributed by atoms with Gasteiger partial charge in [-0.15, -0.1) is 0 Å². The zero-order valence-corrected chi connectivity index (χ0v) is 12.4. The molecule has 1 aromatic carbocycles. The van der Waals surface area contributed by atoms with Crippen LogP contribution in [0.5, 0.6) is 0 Å². The second-order valence-corrected chi connectivity index (χ2v) is 6.18. The fourth-order valence-corrected chi connectivity index (χ4v) is 2.57. The number of nitrogens with one attached hydrogen (secondary N) is 1. The molecule has 0 bridgehead atoms. The van der Waals surface area contributed by atoms with E-state index >= 15 is 0 Å². The Morgan fingerprint density at radius 3 is 2.43 bits per heavy atom. The quantitative estimate of drug-likeness (QED) is 0.766. The molecule has 1 fully saturated rings. The van der Waals surface area contributed by atoms with Crippen LogP contribution in [0.1, 0.15) is 30.6 Å². The lowest BCUT2D eigenvalue weighted by atomic mass is 9.79. The van der Waals surface area contributed by atoms with Gasteiger partial charge in [-0.3, -0.25) is 4.79 Å². The maximum atomic E-state index is 12.5. The number of carbonyl (C=O) groups excluding carboxylic acids is 2. The van der Waals surface area contributed by atoms with Crippen LogP contribution in [0.2, 0.25) is 0 Å². The van der Waals surface area contributed by atoms with Gasteiger partial charge < -0.3 is 21.7 Å². The third-order valence-corrected chi connectivity index (χ3v) is 4.00. The van der Waals surface area contributed by atoms with E-state index in [0.717, 1.165) is 6.42 Å². The van der Waals surface area contributed by atoms with Crippen molar-refractivity contribution in [1.82, 2.24) is 4.90 Å². The van der Waals surface area contributed by atoms with E-state index < -0.39 is 6.03 Å². The summed E-state index contributed by atoms with van der Waals surface area (Å²) in [7, 11) is 0. The Labute approximate surface area is 124 Å². The molecule has 0 aromatic heterocycles. The number of nitrogens with two attached hydrogens (primary N) is 2. The molecule has 0 spiro atoms. The molecule has 5 N–H and O–H groups in total. The Kier molecular flexibility index (Phi) is 4.18. The first-order valence-corrected chi connectivity index (χ1v) is 7.01. The van der Waals surface area contributed by atoms with Crippen molar-refractivity contribution in [3.63, 3.8) is 0 Å². The van der Waals surface area contributed by atoms with Gasteiger partial charge in [0, 0.05) is 30.4 Å². The molecule has 0 aliphatic carbocycles. The predicted octanol–water partition coefficient (Wildman–Crippen LogP) is 1.38. The summed E-state index contributed by atoms with van der Waals surface area (Å²) in [6.07, 6.45) is 0.806. The molecule has 2 rings (SSSR count). The van der Waals surface area contributed by atoms with Gasteiger partial charge in [0.25, 0.3) is 5.91 Å². The van der Waals surface area contributed by atoms with Gasteiger partial charge in [0.1, 0.15) is 0 Å². The van der Waals surface area contributed by atoms with Gasteiger partial charge >= 0.3 is 6.03 Å². The first-order valence-electron chi connectivity index (χ1n) is 7.01. The number of nitrogens with zero attached hydrogens (tertiary/aromatic N) is 1. The summed E-state index contributed by atoms with van der Waals surface area (Å²) in [5.41, 5.74) is 12.2. The molecular formula is C15H22N4O2. The van der Waals surface area contributed by atoms with E-state index in [1.165, 1.54) is 0 Å². The van der Waals surface area contributed by atoms with Gasteiger partial charge in [-0.25, -0.2) is 4.79 Å². The summed E-state index contributed by atoms with van der Waals surface area (Å²) < 4.78 is 0. The second-order valence-electron chi connectivity index (χ2n) is 6.18. The molecule has 6 nitrogen and oxygen atoms in total. The van der Waals surface area contributed by atoms with E-state index in [1.807, 2.05) is 4.90 Å². The van der Waals surface area contributed by atoms with Gasteiger partial charge in [0.05, 0.1) is 0 Å². The molecule has 1 saturated heterocycles. The summed E-state index contributed by atoms with van der Waals surface area (Å²) in [5.74, 6) is -0.0133. The van der Waals surface area contributed by atoms with Crippen LogP contribution < -0.4 is 16.8 Å². The van der Waals surface area contributed by atoms with Crippen LogP contribution in [-0.2, 0) is 0 Å². The molecule has 1 aromatic rings. The number of urea groups is 1. The number of hydrogen-bond donors (Lipinski definition) is 3. The van der Waals surface area contributed by atoms with Crippen LogP contribution in [0.15, 0.2) is 24.3 Å². The number of likely N-dealkylation sites (tertiary alicyclic amines) is 1. The number of amides is 3. The molecule has 1 unspecified atom stereocenters. The molecule has 114 valence electrons. The number of benzene rings is 1. The number of hydrogen-bond acceptors (Lipinski definition) is 3. The summed E-state index contributed by atoms with van der Waals surface area (Å²) in [6.45, 7) is 5.48. The standard InChI is InChI=1S/C15H22N4O2/c1-15(2)9-19(8-7-12(15)16)13(20)10-3-5-11(6-4-10)18-14(17)21/h3-6,12H,7-9,16H2,1-2H3,(H3,17,18,21). The lowest BCUT2D eigenvalue weighted by molar-refractivity contribution is 0.0533. The Morgan fingerprint density at radius 2 is 1.90 bits per heavy atom. The highest BCUT2D eigenvalue weighted by atomic mass is 16.2. The fourth-order valence-electron chi connectivity index (χ4n) is 2.57. The molecule has 1 aliphatic heterocycles. The molecule has 1 atom stereocenters. The zero-order chi connectivity index (χ0) is 15.6. The molecule has 6 heteroatoms. The number of carbonyl (C=O) groups is 2. The van der Waals surface area contributed by atoms with Crippen LogP contribution in [0.25, 0.3) is 0 Å². The zero-order valence-electron chi connectivity index (χ0n) is 12.4. The van der Waals surface area contributed by atoms with Gasteiger partial charge in [0.2, 0.25) is 0 Å².